The molecule has 2 aromatic rings. The lowest BCUT2D eigenvalue weighted by Crippen LogP contribution is -2.31. The maximum atomic E-state index is 10.7. The Morgan fingerprint density at radius 2 is 1.90 bits per heavy atom. The van der Waals surface area contributed by atoms with Gasteiger partial charge in [-0.15, -0.1) is 0 Å². The first-order valence-electron chi connectivity index (χ1n) is 7.12. The van der Waals surface area contributed by atoms with E-state index in [2.05, 4.69) is 23.2 Å². The number of rotatable bonds is 4. The quantitative estimate of drug-likeness (QED) is 0.625. The van der Waals surface area contributed by atoms with Gasteiger partial charge < -0.3 is 4.74 Å². The van der Waals surface area contributed by atoms with E-state index in [0.29, 0.717) is 0 Å². The minimum absolute atomic E-state index is 0.377. The summed E-state index contributed by atoms with van der Waals surface area (Å²) in [5, 5.41) is 0. The third-order valence-electron chi connectivity index (χ3n) is 4.26. The van der Waals surface area contributed by atoms with Gasteiger partial charge in [0.2, 0.25) is 6.08 Å². The second kappa shape index (κ2) is 5.55. The zero-order valence-electron chi connectivity index (χ0n) is 12.0. The number of hydrogen-bond donors (Lipinski definition) is 0. The summed E-state index contributed by atoms with van der Waals surface area (Å²) in [7, 11) is 1.67. The number of hydrogen-bond acceptors (Lipinski definition) is 3. The predicted molar refractivity (Wildman–Crippen MR) is 82.1 cm³/mol. The molecule has 0 unspecified atom stereocenters. The molecule has 0 aliphatic heterocycles. The zero-order valence-corrected chi connectivity index (χ0v) is 12.0. The number of nitrogens with zero attached hydrogens (tertiary/aromatic N) is 1. The van der Waals surface area contributed by atoms with Crippen LogP contribution in [0.2, 0.25) is 0 Å². The molecule has 1 aliphatic rings. The average Bonchev–Trinajstić information content (AvgIpc) is 2.51. The first-order valence-corrected chi connectivity index (χ1v) is 7.12. The molecule has 2 aromatic carbocycles. The molecule has 0 saturated heterocycles. The van der Waals surface area contributed by atoms with E-state index in [4.69, 9.17) is 4.74 Å². The van der Waals surface area contributed by atoms with Crippen molar-refractivity contribution in [3.63, 3.8) is 0 Å². The van der Waals surface area contributed by atoms with Gasteiger partial charge in [-0.2, -0.15) is 4.99 Å². The molecule has 106 valence electrons. The molecule has 0 radical (unpaired) electrons. The van der Waals surface area contributed by atoms with E-state index in [1.165, 1.54) is 0 Å². The van der Waals surface area contributed by atoms with Crippen molar-refractivity contribution in [2.45, 2.75) is 24.8 Å². The lowest BCUT2D eigenvalue weighted by Gasteiger charge is -2.37. The number of benzene rings is 2. The monoisotopic (exact) mass is 279 g/mol. The summed E-state index contributed by atoms with van der Waals surface area (Å²) >= 11 is 0. The molecule has 21 heavy (non-hydrogen) atoms. The Bertz CT molecular complexity index is 684. The summed E-state index contributed by atoms with van der Waals surface area (Å²) in [6.07, 6.45) is 4.65. The summed E-state index contributed by atoms with van der Waals surface area (Å²) < 4.78 is 5.47. The van der Waals surface area contributed by atoms with Crippen LogP contribution in [0.5, 0.6) is 5.75 Å². The van der Waals surface area contributed by atoms with Gasteiger partial charge in [-0.1, -0.05) is 36.4 Å². The fourth-order valence-electron chi connectivity index (χ4n) is 2.90. The van der Waals surface area contributed by atoms with Crippen molar-refractivity contribution in [1.82, 2.24) is 0 Å². The van der Waals surface area contributed by atoms with Crippen molar-refractivity contribution in [1.29, 1.82) is 0 Å². The fraction of sp³-hybridized carbons (Fsp3) is 0.278. The normalized spacial score (nSPS) is 15.7. The Labute approximate surface area is 124 Å². The smallest absolute Gasteiger partial charge is 0.235 e. The Balaban J connectivity index is 2.11. The highest BCUT2D eigenvalue weighted by Crippen LogP contribution is 2.46. The highest BCUT2D eigenvalue weighted by Gasteiger charge is 2.39. The first kappa shape index (κ1) is 13.6. The van der Waals surface area contributed by atoms with Crippen molar-refractivity contribution in [3.8, 4) is 16.9 Å². The van der Waals surface area contributed by atoms with Crippen LogP contribution in [0.25, 0.3) is 11.1 Å². The molecule has 0 aromatic heterocycles. The Morgan fingerprint density at radius 3 is 2.48 bits per heavy atom. The van der Waals surface area contributed by atoms with Crippen LogP contribution in [0.15, 0.2) is 53.5 Å². The SMILES string of the molecule is COc1ccc(C2(N=C=O)CCC2)cc1-c1ccccc1. The van der Waals surface area contributed by atoms with E-state index in [-0.39, 0.29) is 5.54 Å². The minimum Gasteiger partial charge on any atom is -0.496 e. The van der Waals surface area contributed by atoms with Crippen LogP contribution in [0.3, 0.4) is 0 Å². The topological polar surface area (TPSA) is 38.7 Å². The molecule has 3 heteroatoms. The van der Waals surface area contributed by atoms with E-state index in [9.17, 15) is 4.79 Å². The molecule has 1 fully saturated rings. The van der Waals surface area contributed by atoms with Gasteiger partial charge in [0.1, 0.15) is 5.75 Å². The van der Waals surface area contributed by atoms with Gasteiger partial charge in [0.25, 0.3) is 0 Å². The number of methoxy groups -OCH3 is 1. The first-order chi connectivity index (χ1) is 10.3. The van der Waals surface area contributed by atoms with Gasteiger partial charge >= 0.3 is 0 Å². The molecule has 0 bridgehead atoms. The van der Waals surface area contributed by atoms with Crippen LogP contribution in [-0.2, 0) is 10.3 Å². The highest BCUT2D eigenvalue weighted by atomic mass is 16.5. The third-order valence-corrected chi connectivity index (χ3v) is 4.26. The van der Waals surface area contributed by atoms with Gasteiger partial charge in [0.15, 0.2) is 0 Å². The lowest BCUT2D eigenvalue weighted by molar-refractivity contribution is 0.256. The van der Waals surface area contributed by atoms with Crippen LogP contribution in [0.4, 0.5) is 0 Å². The largest absolute Gasteiger partial charge is 0.496 e. The van der Waals surface area contributed by atoms with E-state index >= 15 is 0 Å². The number of carbonyl (C=O) groups excluding carboxylic acids is 1. The highest BCUT2D eigenvalue weighted by molar-refractivity contribution is 5.71. The van der Waals surface area contributed by atoms with Crippen molar-refractivity contribution in [2.24, 2.45) is 4.99 Å². The van der Waals surface area contributed by atoms with Crippen molar-refractivity contribution in [3.05, 3.63) is 54.1 Å². The maximum Gasteiger partial charge on any atom is 0.235 e. The van der Waals surface area contributed by atoms with E-state index < -0.39 is 0 Å². The van der Waals surface area contributed by atoms with Crippen LogP contribution in [0, 0.1) is 0 Å². The summed E-state index contributed by atoms with van der Waals surface area (Å²) in [6, 6.07) is 16.2. The lowest BCUT2D eigenvalue weighted by atomic mass is 9.72. The standard InChI is InChI=1S/C18H17NO2/c1-21-17-9-8-15(18(19-13-20)10-5-11-18)12-16(17)14-6-3-2-4-7-14/h2-4,6-9,12H,5,10-11H2,1H3. The van der Waals surface area contributed by atoms with Crippen LogP contribution in [0.1, 0.15) is 24.8 Å². The average molecular weight is 279 g/mol. The van der Waals surface area contributed by atoms with Crippen LogP contribution in [-0.4, -0.2) is 13.2 Å². The second-order valence-electron chi connectivity index (χ2n) is 5.37. The summed E-state index contributed by atoms with van der Waals surface area (Å²) in [6.45, 7) is 0. The molecular formula is C18H17NO2. The van der Waals surface area contributed by atoms with Crippen LogP contribution >= 0.6 is 0 Å². The molecule has 0 spiro atoms. The molecular weight excluding hydrogens is 262 g/mol. The molecule has 1 aliphatic carbocycles. The number of ether oxygens (including phenoxy) is 1. The summed E-state index contributed by atoms with van der Waals surface area (Å²) in [5.74, 6) is 0.828. The molecule has 0 atom stereocenters. The Hall–Kier alpha value is -2.38. The van der Waals surface area contributed by atoms with E-state index in [0.717, 1.165) is 41.7 Å². The molecule has 3 nitrogen and oxygen atoms in total. The zero-order chi connectivity index (χ0) is 14.7. The van der Waals surface area contributed by atoms with Crippen molar-refractivity contribution in [2.75, 3.05) is 7.11 Å². The summed E-state index contributed by atoms with van der Waals surface area (Å²) in [4.78, 5) is 14.8. The summed E-state index contributed by atoms with van der Waals surface area (Å²) in [5.41, 5.74) is 2.82. The Kier molecular flexibility index (Phi) is 3.59. The molecule has 0 N–H and O–H groups in total. The molecule has 1 saturated carbocycles. The fourth-order valence-corrected chi connectivity index (χ4v) is 2.90. The van der Waals surface area contributed by atoms with Gasteiger partial charge in [-0.25, -0.2) is 4.79 Å². The van der Waals surface area contributed by atoms with Gasteiger partial charge in [0, 0.05) is 5.56 Å². The van der Waals surface area contributed by atoms with Crippen molar-refractivity contribution < 1.29 is 9.53 Å². The minimum atomic E-state index is -0.377. The van der Waals surface area contributed by atoms with Crippen molar-refractivity contribution >= 4 is 6.08 Å². The molecule has 3 rings (SSSR count). The number of aliphatic imine (C=N–C) groups is 1. The number of isocyanates is 1. The van der Waals surface area contributed by atoms with Gasteiger partial charge in [0.05, 0.1) is 12.6 Å². The predicted octanol–water partition coefficient (Wildman–Crippen LogP) is 4.08. The van der Waals surface area contributed by atoms with Gasteiger partial charge in [-0.3, -0.25) is 0 Å². The van der Waals surface area contributed by atoms with E-state index in [1.807, 2.05) is 30.3 Å². The molecule has 0 amide bonds. The Morgan fingerprint density at radius 1 is 1.14 bits per heavy atom. The van der Waals surface area contributed by atoms with Crippen LogP contribution < -0.4 is 4.74 Å². The maximum absolute atomic E-state index is 10.7. The molecule has 0 heterocycles. The third kappa shape index (κ3) is 2.37. The second-order valence-corrected chi connectivity index (χ2v) is 5.37. The van der Waals surface area contributed by atoms with Gasteiger partial charge in [-0.05, 0) is 42.5 Å². The van der Waals surface area contributed by atoms with E-state index in [1.54, 1.807) is 13.2 Å².